The molecule has 5 rings (SSSR count). The summed E-state index contributed by atoms with van der Waals surface area (Å²) in [6, 6.07) is 13.6. The molecule has 0 radical (unpaired) electrons. The van der Waals surface area contributed by atoms with Gasteiger partial charge in [0.1, 0.15) is 5.82 Å². The Bertz CT molecular complexity index is 1180. The van der Waals surface area contributed by atoms with E-state index < -0.39 is 0 Å². The van der Waals surface area contributed by atoms with Crippen molar-refractivity contribution in [3.8, 4) is 22.4 Å². The van der Waals surface area contributed by atoms with Gasteiger partial charge in [-0.3, -0.25) is 4.98 Å². The van der Waals surface area contributed by atoms with Gasteiger partial charge in [0.05, 0.1) is 17.6 Å². The van der Waals surface area contributed by atoms with Crippen LogP contribution in [0.2, 0.25) is 5.02 Å². The number of nitrogens with one attached hydrogen (secondary N) is 2. The van der Waals surface area contributed by atoms with E-state index in [0.29, 0.717) is 17.5 Å². The van der Waals surface area contributed by atoms with Gasteiger partial charge in [-0.25, -0.2) is 15.0 Å². The van der Waals surface area contributed by atoms with Crippen LogP contribution in [0, 0.1) is 0 Å². The third-order valence-electron chi connectivity index (χ3n) is 4.61. The van der Waals surface area contributed by atoms with Gasteiger partial charge in [0, 0.05) is 46.8 Å². The van der Waals surface area contributed by atoms with Crippen LogP contribution in [-0.4, -0.2) is 19.9 Å². The number of rotatable bonds is 3. The molecule has 0 saturated carbocycles. The first-order valence-electron chi connectivity index (χ1n) is 8.81. The summed E-state index contributed by atoms with van der Waals surface area (Å²) in [5.41, 5.74) is 5.51. The number of fused-ring (bicyclic) bond motifs is 5. The van der Waals surface area contributed by atoms with Gasteiger partial charge in [0.15, 0.2) is 0 Å². The maximum atomic E-state index is 6.25. The van der Waals surface area contributed by atoms with Crippen LogP contribution in [0.1, 0.15) is 5.56 Å². The molecule has 0 aliphatic carbocycles. The van der Waals surface area contributed by atoms with Crippen LogP contribution in [-0.2, 0) is 6.54 Å². The fourth-order valence-corrected chi connectivity index (χ4v) is 3.44. The SMILES string of the molecule is Clc1ccccc1CNc1ncc2c(n1)-c1cccnc1Nc1cnccc1-2. The van der Waals surface area contributed by atoms with Crippen LogP contribution in [0.4, 0.5) is 17.5 Å². The molecule has 1 aromatic carbocycles. The van der Waals surface area contributed by atoms with Gasteiger partial charge in [0.25, 0.3) is 0 Å². The molecule has 7 heteroatoms. The Morgan fingerprint density at radius 2 is 1.82 bits per heavy atom. The number of benzene rings is 1. The first-order chi connectivity index (χ1) is 13.8. The van der Waals surface area contributed by atoms with Gasteiger partial charge >= 0.3 is 0 Å². The van der Waals surface area contributed by atoms with Gasteiger partial charge in [-0.05, 0) is 29.8 Å². The first-order valence-corrected chi connectivity index (χ1v) is 9.18. The van der Waals surface area contributed by atoms with Gasteiger partial charge < -0.3 is 10.6 Å². The third-order valence-corrected chi connectivity index (χ3v) is 4.98. The summed E-state index contributed by atoms with van der Waals surface area (Å²) < 4.78 is 0. The van der Waals surface area contributed by atoms with Crippen molar-refractivity contribution in [1.29, 1.82) is 0 Å². The Morgan fingerprint density at radius 1 is 0.893 bits per heavy atom. The number of pyridine rings is 2. The van der Waals surface area contributed by atoms with Crippen LogP contribution in [0.3, 0.4) is 0 Å². The second-order valence-corrected chi connectivity index (χ2v) is 6.75. The van der Waals surface area contributed by atoms with E-state index in [9.17, 15) is 0 Å². The number of anilines is 3. The topological polar surface area (TPSA) is 75.6 Å². The van der Waals surface area contributed by atoms with E-state index in [1.165, 1.54) is 0 Å². The lowest BCUT2D eigenvalue weighted by atomic mass is 10.0. The summed E-state index contributed by atoms with van der Waals surface area (Å²) >= 11 is 6.25. The van der Waals surface area contributed by atoms with Crippen LogP contribution < -0.4 is 10.6 Å². The lowest BCUT2D eigenvalue weighted by Gasteiger charge is -2.11. The molecule has 0 bridgehead atoms. The predicted octanol–water partition coefficient (Wildman–Crippen LogP) is 4.92. The van der Waals surface area contributed by atoms with Crippen molar-refractivity contribution >= 4 is 29.1 Å². The minimum Gasteiger partial charge on any atom is -0.350 e. The number of hydrogen-bond donors (Lipinski definition) is 2. The van der Waals surface area contributed by atoms with E-state index >= 15 is 0 Å². The molecule has 136 valence electrons. The Balaban J connectivity index is 1.58. The third kappa shape index (κ3) is 2.93. The molecule has 4 aromatic rings. The van der Waals surface area contributed by atoms with Crippen molar-refractivity contribution in [2.45, 2.75) is 6.54 Å². The van der Waals surface area contributed by atoms with Gasteiger partial charge in [-0.2, -0.15) is 0 Å². The number of halogens is 1. The van der Waals surface area contributed by atoms with Crippen molar-refractivity contribution in [3.63, 3.8) is 0 Å². The van der Waals surface area contributed by atoms with E-state index in [-0.39, 0.29) is 0 Å². The van der Waals surface area contributed by atoms with Crippen molar-refractivity contribution in [3.05, 3.63) is 77.8 Å². The predicted molar refractivity (Wildman–Crippen MR) is 111 cm³/mol. The molecule has 0 atom stereocenters. The molecule has 4 heterocycles. The highest BCUT2D eigenvalue weighted by molar-refractivity contribution is 6.31. The molecule has 6 nitrogen and oxygen atoms in total. The molecule has 2 N–H and O–H groups in total. The van der Waals surface area contributed by atoms with Crippen LogP contribution in [0.15, 0.2) is 67.3 Å². The summed E-state index contributed by atoms with van der Waals surface area (Å²) in [5.74, 6) is 1.28. The molecule has 0 amide bonds. The Kier molecular flexibility index (Phi) is 4.10. The molecule has 0 fully saturated rings. The van der Waals surface area contributed by atoms with E-state index in [1.807, 2.05) is 48.7 Å². The monoisotopic (exact) mass is 386 g/mol. The van der Waals surface area contributed by atoms with Crippen molar-refractivity contribution in [2.75, 3.05) is 10.6 Å². The summed E-state index contributed by atoms with van der Waals surface area (Å²) in [6.07, 6.45) is 7.13. The zero-order valence-electron chi connectivity index (χ0n) is 14.7. The average Bonchev–Trinajstić information content (AvgIpc) is 2.87. The second-order valence-electron chi connectivity index (χ2n) is 6.35. The van der Waals surface area contributed by atoms with Crippen LogP contribution in [0.25, 0.3) is 22.4 Å². The smallest absolute Gasteiger partial charge is 0.223 e. The quantitative estimate of drug-likeness (QED) is 0.458. The molecular formula is C21H15ClN6. The molecule has 1 aliphatic heterocycles. The number of aromatic nitrogens is 4. The summed E-state index contributed by atoms with van der Waals surface area (Å²) in [5, 5.41) is 7.34. The fraction of sp³-hybridized carbons (Fsp3) is 0.0476. The van der Waals surface area contributed by atoms with Crippen LogP contribution >= 0.6 is 11.6 Å². The lowest BCUT2D eigenvalue weighted by Crippen LogP contribution is -2.05. The second kappa shape index (κ2) is 6.90. The molecule has 1 aliphatic rings. The van der Waals surface area contributed by atoms with E-state index in [0.717, 1.165) is 39.5 Å². The molecular weight excluding hydrogens is 372 g/mol. The van der Waals surface area contributed by atoms with Gasteiger partial charge in [-0.15, -0.1) is 0 Å². The summed E-state index contributed by atoms with van der Waals surface area (Å²) in [6.45, 7) is 0.539. The number of nitrogens with zero attached hydrogens (tertiary/aromatic N) is 4. The summed E-state index contributed by atoms with van der Waals surface area (Å²) in [4.78, 5) is 18.0. The largest absolute Gasteiger partial charge is 0.350 e. The minimum atomic E-state index is 0.533. The minimum absolute atomic E-state index is 0.533. The Labute approximate surface area is 166 Å². The molecule has 0 saturated heterocycles. The number of hydrogen-bond acceptors (Lipinski definition) is 6. The molecule has 3 aromatic heterocycles. The highest BCUT2D eigenvalue weighted by atomic mass is 35.5. The van der Waals surface area contributed by atoms with E-state index in [1.54, 1.807) is 18.6 Å². The van der Waals surface area contributed by atoms with E-state index in [2.05, 4.69) is 25.6 Å². The lowest BCUT2D eigenvalue weighted by molar-refractivity contribution is 1.06. The zero-order valence-corrected chi connectivity index (χ0v) is 15.5. The van der Waals surface area contributed by atoms with Crippen molar-refractivity contribution < 1.29 is 0 Å². The maximum absolute atomic E-state index is 6.25. The van der Waals surface area contributed by atoms with Gasteiger partial charge in [0.2, 0.25) is 5.95 Å². The average molecular weight is 387 g/mol. The Morgan fingerprint density at radius 3 is 2.75 bits per heavy atom. The molecule has 0 unspecified atom stereocenters. The first kappa shape index (κ1) is 16.6. The summed E-state index contributed by atoms with van der Waals surface area (Å²) in [7, 11) is 0. The van der Waals surface area contributed by atoms with E-state index in [4.69, 9.17) is 16.6 Å². The maximum Gasteiger partial charge on any atom is 0.223 e. The van der Waals surface area contributed by atoms with Crippen molar-refractivity contribution in [2.24, 2.45) is 0 Å². The molecule has 0 spiro atoms. The standard InChI is InChI=1S/C21H15ClN6/c22-17-6-2-1-4-13(17)10-25-21-26-11-16-14-7-9-23-12-18(14)27-20-15(19(16)28-21)5-3-8-24-20/h1-9,11-12H,10H2,(H,24,27)(H,25,26,28). The van der Waals surface area contributed by atoms with Crippen LogP contribution in [0.5, 0.6) is 0 Å². The Hall–Kier alpha value is -3.51. The highest BCUT2D eigenvalue weighted by Crippen LogP contribution is 2.41. The normalized spacial score (nSPS) is 11.5. The van der Waals surface area contributed by atoms with Gasteiger partial charge in [-0.1, -0.05) is 29.8 Å². The highest BCUT2D eigenvalue weighted by Gasteiger charge is 2.21. The fourth-order valence-electron chi connectivity index (χ4n) is 3.24. The zero-order chi connectivity index (χ0) is 18.9. The van der Waals surface area contributed by atoms with Crippen molar-refractivity contribution in [1.82, 2.24) is 19.9 Å². The molecule has 28 heavy (non-hydrogen) atoms.